The Hall–Kier alpha value is -2.84. The smallest absolute Gasteiger partial charge is 0.319 e. The van der Waals surface area contributed by atoms with Gasteiger partial charge in [-0.3, -0.25) is 0 Å². The number of ether oxygens (including phenoxy) is 2. The predicted octanol–water partition coefficient (Wildman–Crippen LogP) is 3.87. The molecular formula is C23H31FN2O5. The summed E-state index contributed by atoms with van der Waals surface area (Å²) >= 11 is 0. The summed E-state index contributed by atoms with van der Waals surface area (Å²) < 4.78 is 25.3. The van der Waals surface area contributed by atoms with Gasteiger partial charge in [0.1, 0.15) is 11.9 Å². The SMILES string of the molecule is COc1ccc(NC(=O)NC(c2ccccc2F)[C@@H](O)CO)cc1OCCCC(C)C. The van der Waals surface area contributed by atoms with Crippen LogP contribution in [0.5, 0.6) is 11.5 Å². The van der Waals surface area contributed by atoms with Crippen LogP contribution in [0.15, 0.2) is 42.5 Å². The van der Waals surface area contributed by atoms with Crippen LogP contribution in [0.25, 0.3) is 0 Å². The molecule has 0 spiro atoms. The molecule has 0 bridgehead atoms. The first-order valence-corrected chi connectivity index (χ1v) is 10.3. The van der Waals surface area contributed by atoms with Gasteiger partial charge in [-0.15, -0.1) is 0 Å². The van der Waals surface area contributed by atoms with Crippen molar-refractivity contribution in [2.45, 2.75) is 38.8 Å². The minimum absolute atomic E-state index is 0.0723. The van der Waals surface area contributed by atoms with Crippen molar-refractivity contribution in [1.29, 1.82) is 0 Å². The van der Waals surface area contributed by atoms with Gasteiger partial charge in [0.25, 0.3) is 0 Å². The lowest BCUT2D eigenvalue weighted by atomic mass is 10.0. The van der Waals surface area contributed by atoms with Crippen molar-refractivity contribution < 1.29 is 28.9 Å². The van der Waals surface area contributed by atoms with Crippen LogP contribution in [-0.4, -0.2) is 42.7 Å². The zero-order valence-corrected chi connectivity index (χ0v) is 18.1. The van der Waals surface area contributed by atoms with Crippen LogP contribution < -0.4 is 20.1 Å². The normalized spacial score (nSPS) is 12.9. The number of methoxy groups -OCH3 is 1. The van der Waals surface area contributed by atoms with E-state index >= 15 is 0 Å². The first-order chi connectivity index (χ1) is 14.8. The van der Waals surface area contributed by atoms with Crippen molar-refractivity contribution in [3.8, 4) is 11.5 Å². The second-order valence-corrected chi connectivity index (χ2v) is 7.60. The first kappa shape index (κ1) is 24.4. The lowest BCUT2D eigenvalue weighted by Crippen LogP contribution is -2.40. The highest BCUT2D eigenvalue weighted by molar-refractivity contribution is 5.90. The molecule has 8 heteroatoms. The quantitative estimate of drug-likeness (QED) is 0.403. The van der Waals surface area contributed by atoms with E-state index in [-0.39, 0.29) is 5.56 Å². The average Bonchev–Trinajstić information content (AvgIpc) is 2.75. The third-order valence-electron chi connectivity index (χ3n) is 4.70. The van der Waals surface area contributed by atoms with Gasteiger partial charge < -0.3 is 30.3 Å². The Morgan fingerprint density at radius 2 is 1.90 bits per heavy atom. The number of aliphatic hydroxyl groups is 2. The zero-order chi connectivity index (χ0) is 22.8. The van der Waals surface area contributed by atoms with Gasteiger partial charge in [0.05, 0.1) is 26.4 Å². The molecule has 31 heavy (non-hydrogen) atoms. The molecule has 2 amide bonds. The maximum atomic E-state index is 14.2. The van der Waals surface area contributed by atoms with Crippen molar-refractivity contribution in [2.75, 3.05) is 25.6 Å². The molecule has 0 saturated heterocycles. The molecule has 0 aliphatic heterocycles. The summed E-state index contributed by atoms with van der Waals surface area (Å²) in [6.45, 7) is 4.16. The van der Waals surface area contributed by atoms with Crippen LogP contribution in [0.2, 0.25) is 0 Å². The van der Waals surface area contributed by atoms with Crippen LogP contribution in [0.1, 0.15) is 38.3 Å². The van der Waals surface area contributed by atoms with Gasteiger partial charge in [-0.1, -0.05) is 32.0 Å². The fourth-order valence-corrected chi connectivity index (χ4v) is 3.06. The van der Waals surface area contributed by atoms with E-state index in [0.717, 1.165) is 12.8 Å². The van der Waals surface area contributed by atoms with Crippen LogP contribution in [0, 0.1) is 11.7 Å². The standard InChI is InChI=1S/C23H31FN2O5/c1-15(2)7-6-12-31-21-13-16(10-11-20(21)30-3)25-23(29)26-22(19(28)14-27)17-8-4-5-9-18(17)24/h4-5,8-11,13,15,19,22,27-28H,6-7,12,14H2,1-3H3,(H2,25,26,29)/t19-,22?/m0/s1. The number of aliphatic hydroxyl groups excluding tert-OH is 2. The predicted molar refractivity (Wildman–Crippen MR) is 117 cm³/mol. The molecule has 2 rings (SSSR count). The van der Waals surface area contributed by atoms with Gasteiger partial charge in [0, 0.05) is 17.3 Å². The monoisotopic (exact) mass is 434 g/mol. The number of halogens is 1. The Labute approximate surface area is 182 Å². The first-order valence-electron chi connectivity index (χ1n) is 10.3. The number of urea groups is 1. The molecule has 2 atom stereocenters. The van der Waals surface area contributed by atoms with E-state index in [1.807, 2.05) is 0 Å². The third-order valence-corrected chi connectivity index (χ3v) is 4.70. The highest BCUT2D eigenvalue weighted by atomic mass is 19.1. The molecule has 170 valence electrons. The molecular weight excluding hydrogens is 403 g/mol. The summed E-state index contributed by atoms with van der Waals surface area (Å²) in [6.07, 6.45) is 0.550. The summed E-state index contributed by atoms with van der Waals surface area (Å²) in [5.41, 5.74) is 0.506. The molecule has 0 radical (unpaired) electrons. The van der Waals surface area contributed by atoms with E-state index in [1.54, 1.807) is 24.3 Å². The Morgan fingerprint density at radius 3 is 2.55 bits per heavy atom. The molecule has 0 aliphatic carbocycles. The molecule has 7 nitrogen and oxygen atoms in total. The van der Waals surface area contributed by atoms with E-state index in [0.29, 0.717) is 29.7 Å². The lowest BCUT2D eigenvalue weighted by Gasteiger charge is -2.24. The third kappa shape index (κ3) is 7.41. The fourth-order valence-electron chi connectivity index (χ4n) is 3.06. The zero-order valence-electron chi connectivity index (χ0n) is 18.1. The van der Waals surface area contributed by atoms with Gasteiger partial charge in [0.15, 0.2) is 11.5 Å². The highest BCUT2D eigenvalue weighted by Crippen LogP contribution is 2.30. The number of anilines is 1. The van der Waals surface area contributed by atoms with E-state index in [4.69, 9.17) is 9.47 Å². The summed E-state index contributed by atoms with van der Waals surface area (Å²) in [5.74, 6) is 1.02. The molecule has 4 N–H and O–H groups in total. The van der Waals surface area contributed by atoms with Gasteiger partial charge >= 0.3 is 6.03 Å². The maximum Gasteiger partial charge on any atom is 0.319 e. The summed E-state index contributed by atoms with van der Waals surface area (Å²) in [7, 11) is 1.53. The number of amides is 2. The van der Waals surface area contributed by atoms with E-state index in [9.17, 15) is 19.4 Å². The lowest BCUT2D eigenvalue weighted by molar-refractivity contribution is 0.0649. The Morgan fingerprint density at radius 1 is 1.16 bits per heavy atom. The molecule has 1 unspecified atom stereocenters. The topological polar surface area (TPSA) is 100 Å². The Kier molecular flexibility index (Phi) is 9.55. The number of rotatable bonds is 11. The molecule has 0 heterocycles. The molecule has 2 aromatic carbocycles. The molecule has 0 aromatic heterocycles. The van der Waals surface area contributed by atoms with E-state index in [2.05, 4.69) is 24.5 Å². The highest BCUT2D eigenvalue weighted by Gasteiger charge is 2.25. The van der Waals surface area contributed by atoms with Gasteiger partial charge in [-0.25, -0.2) is 9.18 Å². The van der Waals surface area contributed by atoms with Crippen LogP contribution in [0.3, 0.4) is 0 Å². The second-order valence-electron chi connectivity index (χ2n) is 7.60. The number of nitrogens with one attached hydrogen (secondary N) is 2. The maximum absolute atomic E-state index is 14.2. The Bertz CT molecular complexity index is 846. The van der Waals surface area contributed by atoms with Gasteiger partial charge in [-0.2, -0.15) is 0 Å². The average molecular weight is 435 g/mol. The summed E-state index contributed by atoms with van der Waals surface area (Å²) in [5, 5.41) is 24.6. The van der Waals surface area contributed by atoms with Crippen molar-refractivity contribution in [2.24, 2.45) is 5.92 Å². The van der Waals surface area contributed by atoms with E-state index < -0.39 is 30.6 Å². The largest absolute Gasteiger partial charge is 0.493 e. The molecule has 0 fully saturated rings. The second kappa shape index (κ2) is 12.1. The molecule has 2 aromatic rings. The molecule has 0 saturated carbocycles. The number of hydrogen-bond acceptors (Lipinski definition) is 5. The number of hydrogen-bond donors (Lipinski definition) is 4. The minimum atomic E-state index is -1.38. The van der Waals surface area contributed by atoms with E-state index in [1.165, 1.54) is 25.3 Å². The number of carbonyl (C=O) groups is 1. The van der Waals surface area contributed by atoms with Gasteiger partial charge in [-0.05, 0) is 37.0 Å². The van der Waals surface area contributed by atoms with Crippen LogP contribution in [0.4, 0.5) is 14.9 Å². The Balaban J connectivity index is 2.09. The minimum Gasteiger partial charge on any atom is -0.493 e. The fraction of sp³-hybridized carbons (Fsp3) is 0.435. The van der Waals surface area contributed by atoms with Crippen LogP contribution >= 0.6 is 0 Å². The summed E-state index contributed by atoms with van der Waals surface area (Å²) in [4.78, 5) is 12.5. The van der Waals surface area contributed by atoms with Gasteiger partial charge in [0.2, 0.25) is 0 Å². The summed E-state index contributed by atoms with van der Waals surface area (Å²) in [6, 6.07) is 8.89. The van der Waals surface area contributed by atoms with Crippen LogP contribution in [-0.2, 0) is 0 Å². The van der Waals surface area contributed by atoms with Crippen molar-refractivity contribution in [3.63, 3.8) is 0 Å². The number of carbonyl (C=O) groups excluding carboxylic acids is 1. The number of benzene rings is 2. The van der Waals surface area contributed by atoms with Crippen molar-refractivity contribution in [1.82, 2.24) is 5.32 Å². The molecule has 0 aliphatic rings. The van der Waals surface area contributed by atoms with Crippen molar-refractivity contribution >= 4 is 11.7 Å². The van der Waals surface area contributed by atoms with Crippen molar-refractivity contribution in [3.05, 3.63) is 53.8 Å².